The fourth-order valence-corrected chi connectivity index (χ4v) is 5.84. The normalized spacial score (nSPS) is 20.8. The molecule has 2 aromatic rings. The number of carbonyl (C=O) groups excluding carboxylic acids is 1. The van der Waals surface area contributed by atoms with Crippen molar-refractivity contribution in [1.82, 2.24) is 14.1 Å². The van der Waals surface area contributed by atoms with Crippen LogP contribution in [0.4, 0.5) is 0 Å². The second-order valence-electron chi connectivity index (χ2n) is 7.90. The number of nitrogens with zero attached hydrogens (tertiary/aromatic N) is 3. The lowest BCUT2D eigenvalue weighted by molar-refractivity contribution is -0.140. The lowest BCUT2D eigenvalue weighted by atomic mass is 10.1. The average Bonchev–Trinajstić information content (AvgIpc) is 2.85. The van der Waals surface area contributed by atoms with Crippen molar-refractivity contribution in [2.75, 3.05) is 53.0 Å². The van der Waals surface area contributed by atoms with Gasteiger partial charge in [-0.05, 0) is 36.2 Å². The van der Waals surface area contributed by atoms with Crippen LogP contribution in [0.1, 0.15) is 18.2 Å². The van der Waals surface area contributed by atoms with E-state index in [0.29, 0.717) is 51.6 Å². The molecule has 0 aliphatic carbocycles. The summed E-state index contributed by atoms with van der Waals surface area (Å²) < 4.78 is 39.3. The number of benzene rings is 2. The first-order valence-corrected chi connectivity index (χ1v) is 12.2. The molecule has 9 heteroatoms. The molecule has 2 fully saturated rings. The summed E-state index contributed by atoms with van der Waals surface area (Å²) in [7, 11) is -2.22. The highest BCUT2D eigenvalue weighted by atomic mass is 32.2. The van der Waals surface area contributed by atoms with Crippen molar-refractivity contribution in [3.63, 3.8) is 0 Å². The van der Waals surface area contributed by atoms with Crippen molar-refractivity contribution in [1.29, 1.82) is 0 Å². The van der Waals surface area contributed by atoms with Gasteiger partial charge in [0.15, 0.2) is 0 Å². The van der Waals surface area contributed by atoms with Crippen molar-refractivity contribution < 1.29 is 22.7 Å². The Morgan fingerprint density at radius 1 is 1.00 bits per heavy atom. The summed E-state index contributed by atoms with van der Waals surface area (Å²) in [6.45, 7) is 3.68. The van der Waals surface area contributed by atoms with Crippen LogP contribution in [0.2, 0.25) is 0 Å². The summed E-state index contributed by atoms with van der Waals surface area (Å²) in [5, 5.41) is 0. The maximum atomic E-state index is 13.6. The third-order valence-electron chi connectivity index (χ3n) is 5.89. The fourth-order valence-electron chi connectivity index (χ4n) is 4.20. The average molecular weight is 460 g/mol. The lowest BCUT2D eigenvalue weighted by Crippen LogP contribution is -2.54. The van der Waals surface area contributed by atoms with E-state index in [4.69, 9.17) is 9.47 Å². The molecule has 32 heavy (non-hydrogen) atoms. The van der Waals surface area contributed by atoms with E-state index >= 15 is 0 Å². The SMILES string of the molecule is COc1ccc(C2N(C(=O)CN3CCOCC3)CCCN2S(=O)(=O)c2ccccc2)cc1. The summed E-state index contributed by atoms with van der Waals surface area (Å²) in [5.74, 6) is 0.592. The second kappa shape index (κ2) is 9.99. The van der Waals surface area contributed by atoms with Gasteiger partial charge in [0, 0.05) is 26.2 Å². The first kappa shape index (κ1) is 22.7. The van der Waals surface area contributed by atoms with Crippen LogP contribution in [0, 0.1) is 0 Å². The van der Waals surface area contributed by atoms with Crippen molar-refractivity contribution in [3.8, 4) is 5.75 Å². The molecule has 0 aromatic heterocycles. The summed E-state index contributed by atoms with van der Waals surface area (Å²) in [5.41, 5.74) is 0.736. The Morgan fingerprint density at radius 2 is 1.69 bits per heavy atom. The number of rotatable bonds is 6. The molecule has 0 spiro atoms. The Kier molecular flexibility index (Phi) is 7.10. The summed E-state index contributed by atoms with van der Waals surface area (Å²) in [6.07, 6.45) is -0.137. The van der Waals surface area contributed by atoms with Gasteiger partial charge in [-0.25, -0.2) is 8.42 Å². The first-order valence-electron chi connectivity index (χ1n) is 10.8. The number of morpholine rings is 1. The molecule has 2 aliphatic heterocycles. The molecular formula is C23H29N3O5S. The van der Waals surface area contributed by atoms with E-state index in [9.17, 15) is 13.2 Å². The number of amides is 1. The lowest BCUT2D eigenvalue weighted by Gasteiger charge is -2.44. The van der Waals surface area contributed by atoms with Gasteiger partial charge in [-0.3, -0.25) is 9.69 Å². The molecule has 8 nitrogen and oxygen atoms in total. The van der Waals surface area contributed by atoms with Crippen LogP contribution >= 0.6 is 0 Å². The third kappa shape index (κ3) is 4.80. The zero-order chi connectivity index (χ0) is 22.6. The van der Waals surface area contributed by atoms with Crippen molar-refractivity contribution in [2.24, 2.45) is 0 Å². The molecule has 4 rings (SSSR count). The highest BCUT2D eigenvalue weighted by molar-refractivity contribution is 7.89. The summed E-state index contributed by atoms with van der Waals surface area (Å²) >= 11 is 0. The predicted octanol–water partition coefficient (Wildman–Crippen LogP) is 1.95. The minimum atomic E-state index is -3.80. The smallest absolute Gasteiger partial charge is 0.245 e. The maximum Gasteiger partial charge on any atom is 0.245 e. The molecule has 0 bridgehead atoms. The molecule has 0 N–H and O–H groups in total. The number of carbonyl (C=O) groups is 1. The highest BCUT2D eigenvalue weighted by Gasteiger charge is 2.41. The predicted molar refractivity (Wildman–Crippen MR) is 120 cm³/mol. The Balaban J connectivity index is 1.69. The number of hydrogen-bond donors (Lipinski definition) is 0. The van der Waals surface area contributed by atoms with Gasteiger partial charge >= 0.3 is 0 Å². The zero-order valence-corrected chi connectivity index (χ0v) is 19.0. The number of methoxy groups -OCH3 is 1. The van der Waals surface area contributed by atoms with E-state index in [-0.39, 0.29) is 17.3 Å². The van der Waals surface area contributed by atoms with E-state index in [1.54, 1.807) is 54.5 Å². The minimum absolute atomic E-state index is 0.0827. The van der Waals surface area contributed by atoms with E-state index < -0.39 is 16.2 Å². The van der Waals surface area contributed by atoms with Gasteiger partial charge in [-0.1, -0.05) is 30.3 Å². The Labute approximate surface area is 189 Å². The van der Waals surface area contributed by atoms with Gasteiger partial charge in [-0.15, -0.1) is 0 Å². The fraction of sp³-hybridized carbons (Fsp3) is 0.435. The quantitative estimate of drug-likeness (QED) is 0.657. The van der Waals surface area contributed by atoms with Gasteiger partial charge < -0.3 is 14.4 Å². The van der Waals surface area contributed by atoms with Gasteiger partial charge in [0.1, 0.15) is 11.9 Å². The molecule has 2 saturated heterocycles. The number of hydrogen-bond acceptors (Lipinski definition) is 6. The molecule has 2 heterocycles. The van der Waals surface area contributed by atoms with Crippen LogP contribution in [0.25, 0.3) is 0 Å². The van der Waals surface area contributed by atoms with Gasteiger partial charge in [0.05, 0.1) is 31.8 Å². The Hall–Kier alpha value is -2.46. The monoisotopic (exact) mass is 459 g/mol. The maximum absolute atomic E-state index is 13.6. The molecule has 2 aliphatic rings. The van der Waals surface area contributed by atoms with E-state index in [2.05, 4.69) is 4.90 Å². The number of ether oxygens (including phenoxy) is 2. The molecule has 2 aromatic carbocycles. The van der Waals surface area contributed by atoms with Crippen molar-refractivity contribution in [3.05, 3.63) is 60.2 Å². The standard InChI is InChI=1S/C23H29N3O5S/c1-30-20-10-8-19(9-11-20)23-25(22(27)18-24-14-16-31-17-15-24)12-5-13-26(23)32(28,29)21-6-3-2-4-7-21/h2-4,6-11,23H,5,12-18H2,1H3. The third-order valence-corrected chi connectivity index (χ3v) is 7.76. The van der Waals surface area contributed by atoms with E-state index in [1.165, 1.54) is 4.31 Å². The van der Waals surface area contributed by atoms with Crippen LogP contribution in [0.3, 0.4) is 0 Å². The Bertz CT molecular complexity index is 1010. The molecular weight excluding hydrogens is 430 g/mol. The summed E-state index contributed by atoms with van der Waals surface area (Å²) in [4.78, 5) is 17.4. The van der Waals surface area contributed by atoms with Crippen LogP contribution in [-0.4, -0.2) is 81.5 Å². The molecule has 1 unspecified atom stereocenters. The highest BCUT2D eigenvalue weighted by Crippen LogP contribution is 2.35. The number of sulfonamides is 1. The van der Waals surface area contributed by atoms with E-state index in [0.717, 1.165) is 5.56 Å². The first-order chi connectivity index (χ1) is 15.5. The van der Waals surface area contributed by atoms with Gasteiger partial charge in [-0.2, -0.15) is 4.31 Å². The van der Waals surface area contributed by atoms with Crippen LogP contribution in [-0.2, 0) is 19.6 Å². The van der Waals surface area contributed by atoms with E-state index in [1.807, 2.05) is 12.1 Å². The molecule has 172 valence electrons. The molecule has 0 radical (unpaired) electrons. The second-order valence-corrected chi connectivity index (χ2v) is 9.80. The van der Waals surface area contributed by atoms with Crippen molar-refractivity contribution >= 4 is 15.9 Å². The molecule has 1 amide bonds. The van der Waals surface area contributed by atoms with Crippen LogP contribution in [0.5, 0.6) is 5.75 Å². The van der Waals surface area contributed by atoms with Crippen LogP contribution in [0.15, 0.2) is 59.5 Å². The van der Waals surface area contributed by atoms with Gasteiger partial charge in [0.25, 0.3) is 0 Å². The molecule has 1 atom stereocenters. The van der Waals surface area contributed by atoms with Crippen molar-refractivity contribution in [2.45, 2.75) is 17.5 Å². The Morgan fingerprint density at radius 3 is 2.34 bits per heavy atom. The topological polar surface area (TPSA) is 79.4 Å². The summed E-state index contributed by atoms with van der Waals surface area (Å²) in [6, 6.07) is 15.6. The van der Waals surface area contributed by atoms with Gasteiger partial charge in [0.2, 0.25) is 15.9 Å². The molecule has 0 saturated carbocycles. The van der Waals surface area contributed by atoms with Crippen LogP contribution < -0.4 is 4.74 Å². The zero-order valence-electron chi connectivity index (χ0n) is 18.2. The largest absolute Gasteiger partial charge is 0.497 e. The minimum Gasteiger partial charge on any atom is -0.497 e.